The van der Waals surface area contributed by atoms with Crippen molar-refractivity contribution < 1.29 is 4.79 Å². The molecule has 0 bridgehead atoms. The predicted molar refractivity (Wildman–Crippen MR) is 86.6 cm³/mol. The smallest absolute Gasteiger partial charge is 0.178 e. The van der Waals surface area contributed by atoms with Crippen LogP contribution in [-0.4, -0.2) is 10.8 Å². The Morgan fingerprint density at radius 3 is 2.33 bits per heavy atom. The first-order valence-electron chi connectivity index (χ1n) is 7.18. The largest absolute Gasteiger partial charge is 0.293 e. The summed E-state index contributed by atoms with van der Waals surface area (Å²) in [6, 6.07) is 18.5. The van der Waals surface area contributed by atoms with Crippen molar-refractivity contribution in [1.29, 1.82) is 0 Å². The van der Waals surface area contributed by atoms with E-state index in [0.717, 1.165) is 17.3 Å². The van der Waals surface area contributed by atoms with Crippen LogP contribution in [0.5, 0.6) is 0 Å². The summed E-state index contributed by atoms with van der Waals surface area (Å²) in [6.45, 7) is 3.70. The van der Waals surface area contributed by atoms with Gasteiger partial charge in [-0.15, -0.1) is 0 Å². The van der Waals surface area contributed by atoms with E-state index < -0.39 is 0 Å². The summed E-state index contributed by atoms with van der Waals surface area (Å²) in [5.41, 5.74) is 5.08. The average Bonchev–Trinajstić information content (AvgIpc) is 2.54. The lowest BCUT2D eigenvalue weighted by Crippen LogP contribution is -1.96. The van der Waals surface area contributed by atoms with Gasteiger partial charge in [-0.1, -0.05) is 43.3 Å². The summed E-state index contributed by atoms with van der Waals surface area (Å²) in [4.78, 5) is 15.8. The van der Waals surface area contributed by atoms with Crippen molar-refractivity contribution in [2.24, 2.45) is 0 Å². The lowest BCUT2D eigenvalue weighted by atomic mass is 10.0. The Kier molecular flexibility index (Phi) is 3.53. The molecule has 3 rings (SSSR count). The van der Waals surface area contributed by atoms with Crippen LogP contribution in [0.4, 0.5) is 0 Å². The first kappa shape index (κ1) is 13.5. The molecule has 0 aliphatic heterocycles. The van der Waals surface area contributed by atoms with Crippen molar-refractivity contribution in [2.45, 2.75) is 20.3 Å². The van der Waals surface area contributed by atoms with Crippen molar-refractivity contribution in [2.75, 3.05) is 0 Å². The molecule has 2 heteroatoms. The minimum absolute atomic E-state index is 0.00358. The van der Waals surface area contributed by atoms with Gasteiger partial charge in [-0.2, -0.15) is 0 Å². The Morgan fingerprint density at radius 1 is 0.952 bits per heavy atom. The number of aryl methyl sites for hydroxylation is 1. The molecular weight excluding hydrogens is 258 g/mol. The molecule has 0 atom stereocenters. The molecule has 21 heavy (non-hydrogen) atoms. The minimum Gasteiger partial charge on any atom is -0.293 e. The summed E-state index contributed by atoms with van der Waals surface area (Å²) < 4.78 is 0. The third-order valence-electron chi connectivity index (χ3n) is 3.75. The second-order valence-corrected chi connectivity index (χ2v) is 5.21. The minimum atomic E-state index is -0.00358. The van der Waals surface area contributed by atoms with E-state index in [2.05, 4.69) is 48.3 Å². The van der Waals surface area contributed by atoms with Crippen LogP contribution >= 0.6 is 0 Å². The number of aromatic nitrogens is 1. The van der Waals surface area contributed by atoms with Gasteiger partial charge >= 0.3 is 0 Å². The fourth-order valence-electron chi connectivity index (χ4n) is 2.43. The molecule has 0 radical (unpaired) electrons. The molecule has 1 aromatic heterocycles. The number of fused-ring (bicyclic) bond motifs is 1. The van der Waals surface area contributed by atoms with Gasteiger partial charge in [0.25, 0.3) is 0 Å². The van der Waals surface area contributed by atoms with Gasteiger partial charge in [-0.05, 0) is 41.3 Å². The summed E-state index contributed by atoms with van der Waals surface area (Å²) in [5.74, 6) is -0.00358. The molecule has 0 saturated carbocycles. The van der Waals surface area contributed by atoms with Gasteiger partial charge < -0.3 is 0 Å². The number of Topliss-reactive ketones (excluding diaryl/α,β-unsaturated/α-hetero) is 1. The fraction of sp³-hybridized carbons (Fsp3) is 0.158. The first-order valence-corrected chi connectivity index (χ1v) is 7.18. The number of hydrogen-bond donors (Lipinski definition) is 0. The number of rotatable bonds is 3. The summed E-state index contributed by atoms with van der Waals surface area (Å²) in [6.07, 6.45) is 1.05. The van der Waals surface area contributed by atoms with Gasteiger partial charge in [0.15, 0.2) is 5.78 Å². The van der Waals surface area contributed by atoms with Gasteiger partial charge in [-0.25, -0.2) is 4.98 Å². The predicted octanol–water partition coefficient (Wildman–Crippen LogP) is 4.67. The van der Waals surface area contributed by atoms with Crippen LogP contribution in [0.2, 0.25) is 0 Å². The molecule has 2 aromatic carbocycles. The Morgan fingerprint density at radius 2 is 1.67 bits per heavy atom. The first-order chi connectivity index (χ1) is 10.2. The van der Waals surface area contributed by atoms with E-state index in [1.807, 2.05) is 12.1 Å². The summed E-state index contributed by atoms with van der Waals surface area (Å²) in [5, 5.41) is 1.05. The topological polar surface area (TPSA) is 30.0 Å². The third-order valence-corrected chi connectivity index (χ3v) is 3.75. The van der Waals surface area contributed by atoms with Crippen molar-refractivity contribution >= 4 is 16.7 Å². The third kappa shape index (κ3) is 2.70. The van der Waals surface area contributed by atoms with E-state index in [0.29, 0.717) is 5.69 Å². The van der Waals surface area contributed by atoms with E-state index >= 15 is 0 Å². The highest BCUT2D eigenvalue weighted by molar-refractivity contribution is 5.95. The van der Waals surface area contributed by atoms with Crippen LogP contribution < -0.4 is 0 Å². The maximum absolute atomic E-state index is 11.4. The van der Waals surface area contributed by atoms with Gasteiger partial charge in [0.2, 0.25) is 0 Å². The Bertz CT molecular complexity index is 803. The van der Waals surface area contributed by atoms with Crippen LogP contribution in [0.15, 0.2) is 54.6 Å². The second kappa shape index (κ2) is 5.49. The molecule has 0 saturated heterocycles. The SMILES string of the molecule is CCc1ccc(-c2ccc3nc(C(C)=O)ccc3c2)cc1. The van der Waals surface area contributed by atoms with Crippen molar-refractivity contribution in [3.05, 3.63) is 65.9 Å². The normalized spacial score (nSPS) is 10.8. The van der Waals surface area contributed by atoms with Gasteiger partial charge in [0.05, 0.1) is 5.52 Å². The standard InChI is InChI=1S/C19H17NO/c1-3-14-4-6-15(7-5-14)16-8-11-19-17(12-16)9-10-18(20-19)13(2)21/h4-12H,3H2,1-2H3. The van der Waals surface area contributed by atoms with Crippen LogP contribution in [0.25, 0.3) is 22.0 Å². The maximum atomic E-state index is 11.4. The number of carbonyl (C=O) groups is 1. The van der Waals surface area contributed by atoms with Crippen molar-refractivity contribution in [3.8, 4) is 11.1 Å². The zero-order chi connectivity index (χ0) is 14.8. The van der Waals surface area contributed by atoms with E-state index in [1.165, 1.54) is 23.6 Å². The van der Waals surface area contributed by atoms with Crippen LogP contribution in [-0.2, 0) is 6.42 Å². The van der Waals surface area contributed by atoms with E-state index in [9.17, 15) is 4.79 Å². The summed E-state index contributed by atoms with van der Waals surface area (Å²) >= 11 is 0. The van der Waals surface area contributed by atoms with E-state index in [4.69, 9.17) is 0 Å². The Hall–Kier alpha value is -2.48. The molecule has 3 aromatic rings. The zero-order valence-electron chi connectivity index (χ0n) is 12.3. The number of pyridine rings is 1. The molecule has 0 fully saturated rings. The number of ketones is 1. The Labute approximate surface area is 124 Å². The van der Waals surface area contributed by atoms with E-state index in [1.54, 1.807) is 6.07 Å². The molecule has 0 aliphatic rings. The van der Waals surface area contributed by atoms with E-state index in [-0.39, 0.29) is 5.78 Å². The van der Waals surface area contributed by atoms with Crippen molar-refractivity contribution in [1.82, 2.24) is 4.98 Å². The van der Waals surface area contributed by atoms with Crippen LogP contribution in [0.3, 0.4) is 0 Å². The van der Waals surface area contributed by atoms with Gasteiger partial charge in [0, 0.05) is 12.3 Å². The highest BCUT2D eigenvalue weighted by atomic mass is 16.1. The molecule has 0 amide bonds. The van der Waals surface area contributed by atoms with Crippen molar-refractivity contribution in [3.63, 3.8) is 0 Å². The highest BCUT2D eigenvalue weighted by Gasteiger charge is 2.04. The molecule has 2 nitrogen and oxygen atoms in total. The quantitative estimate of drug-likeness (QED) is 0.650. The molecule has 0 unspecified atom stereocenters. The average molecular weight is 275 g/mol. The number of hydrogen-bond acceptors (Lipinski definition) is 2. The summed E-state index contributed by atoms with van der Waals surface area (Å²) in [7, 11) is 0. The maximum Gasteiger partial charge on any atom is 0.178 e. The zero-order valence-corrected chi connectivity index (χ0v) is 12.3. The van der Waals surface area contributed by atoms with Gasteiger partial charge in [0.1, 0.15) is 5.69 Å². The fourth-order valence-corrected chi connectivity index (χ4v) is 2.43. The molecule has 104 valence electrons. The molecule has 0 N–H and O–H groups in total. The lowest BCUT2D eigenvalue weighted by Gasteiger charge is -2.06. The molecule has 1 heterocycles. The molecular formula is C19H17NO. The highest BCUT2D eigenvalue weighted by Crippen LogP contribution is 2.24. The Balaban J connectivity index is 2.04. The van der Waals surface area contributed by atoms with Crippen LogP contribution in [0.1, 0.15) is 29.9 Å². The second-order valence-electron chi connectivity index (χ2n) is 5.21. The monoisotopic (exact) mass is 275 g/mol. The lowest BCUT2D eigenvalue weighted by molar-refractivity contribution is 0.101. The van der Waals surface area contributed by atoms with Crippen LogP contribution in [0, 0.1) is 0 Å². The van der Waals surface area contributed by atoms with Gasteiger partial charge in [-0.3, -0.25) is 4.79 Å². The number of nitrogens with zero attached hydrogens (tertiary/aromatic N) is 1. The molecule has 0 aliphatic carbocycles. The number of carbonyl (C=O) groups excluding carboxylic acids is 1. The number of benzene rings is 2. The molecule has 0 spiro atoms.